The van der Waals surface area contributed by atoms with Crippen molar-refractivity contribution in [3.63, 3.8) is 0 Å². The van der Waals surface area contributed by atoms with E-state index < -0.39 is 5.60 Å². The third-order valence-electron chi connectivity index (χ3n) is 4.48. The van der Waals surface area contributed by atoms with E-state index in [-0.39, 0.29) is 12.7 Å². The summed E-state index contributed by atoms with van der Waals surface area (Å²) in [5, 5.41) is 30.8. The summed E-state index contributed by atoms with van der Waals surface area (Å²) in [7, 11) is 0. The van der Waals surface area contributed by atoms with E-state index in [1.807, 2.05) is 20.8 Å². The molecule has 0 aliphatic heterocycles. The van der Waals surface area contributed by atoms with Gasteiger partial charge in [-0.15, -0.1) is 0 Å². The standard InChI is InChI=1S/C12H25NO3.C7H16O.C2H6/c1-11-2-4-12(15,5-3-11)10-13-6-8-16-9-7-14;1-6(2)4-5-7(3)8;1-2/h11,13-15H,2-10H2,1H3;6-8H,4-5H2,1-3H3;1-2H3. The van der Waals surface area contributed by atoms with E-state index in [9.17, 15) is 5.11 Å². The minimum Gasteiger partial charge on any atom is -0.394 e. The summed E-state index contributed by atoms with van der Waals surface area (Å²) < 4.78 is 5.13. The second kappa shape index (κ2) is 18.2. The molecular weight excluding hydrogens is 330 g/mol. The first kappa shape index (κ1) is 28.0. The third kappa shape index (κ3) is 18.6. The summed E-state index contributed by atoms with van der Waals surface area (Å²) in [6.07, 6.45) is 6.02. The Morgan fingerprint density at radius 1 is 1.08 bits per heavy atom. The summed E-state index contributed by atoms with van der Waals surface area (Å²) in [5.74, 6) is 1.48. The number of ether oxygens (including phenoxy) is 1. The van der Waals surface area contributed by atoms with Crippen LogP contribution in [0.25, 0.3) is 0 Å². The number of aliphatic hydroxyl groups is 3. The van der Waals surface area contributed by atoms with Crippen LogP contribution < -0.4 is 5.32 Å². The average molecular weight is 378 g/mol. The predicted molar refractivity (Wildman–Crippen MR) is 110 cm³/mol. The molecule has 1 aliphatic rings. The molecule has 5 heteroatoms. The lowest BCUT2D eigenvalue weighted by Crippen LogP contribution is -2.44. The number of nitrogens with one attached hydrogen (secondary N) is 1. The van der Waals surface area contributed by atoms with Crippen LogP contribution in [0.3, 0.4) is 0 Å². The topological polar surface area (TPSA) is 82.0 Å². The van der Waals surface area contributed by atoms with E-state index >= 15 is 0 Å². The van der Waals surface area contributed by atoms with Gasteiger partial charge in [-0.05, 0) is 57.3 Å². The Hall–Kier alpha value is -0.200. The fraction of sp³-hybridized carbons (Fsp3) is 1.00. The maximum absolute atomic E-state index is 10.2. The molecule has 0 bridgehead atoms. The van der Waals surface area contributed by atoms with Crippen molar-refractivity contribution in [1.29, 1.82) is 0 Å². The van der Waals surface area contributed by atoms with Gasteiger partial charge in [0.25, 0.3) is 0 Å². The average Bonchev–Trinajstić information content (AvgIpc) is 2.61. The van der Waals surface area contributed by atoms with Gasteiger partial charge >= 0.3 is 0 Å². The van der Waals surface area contributed by atoms with Gasteiger partial charge in [0.15, 0.2) is 0 Å². The third-order valence-corrected chi connectivity index (χ3v) is 4.48. The number of hydrogen-bond acceptors (Lipinski definition) is 5. The minimum atomic E-state index is -0.510. The summed E-state index contributed by atoms with van der Waals surface area (Å²) in [6.45, 7) is 14.9. The molecule has 0 aromatic rings. The monoisotopic (exact) mass is 377 g/mol. The van der Waals surface area contributed by atoms with Crippen LogP contribution in [0.15, 0.2) is 0 Å². The van der Waals surface area contributed by atoms with Crippen molar-refractivity contribution in [3.8, 4) is 0 Å². The molecule has 0 saturated heterocycles. The quantitative estimate of drug-likeness (QED) is 0.439. The van der Waals surface area contributed by atoms with E-state index in [1.54, 1.807) is 0 Å². The van der Waals surface area contributed by atoms with E-state index in [4.69, 9.17) is 14.9 Å². The van der Waals surface area contributed by atoms with Gasteiger partial charge in [0, 0.05) is 13.1 Å². The van der Waals surface area contributed by atoms with E-state index in [0.29, 0.717) is 19.8 Å². The molecule has 1 fully saturated rings. The molecule has 0 heterocycles. The minimum absolute atomic E-state index is 0.0713. The second-order valence-corrected chi connectivity index (χ2v) is 7.74. The van der Waals surface area contributed by atoms with Crippen LogP contribution in [0.5, 0.6) is 0 Å². The molecule has 1 unspecified atom stereocenters. The van der Waals surface area contributed by atoms with Crippen molar-refractivity contribution in [1.82, 2.24) is 5.32 Å². The first-order chi connectivity index (χ1) is 12.3. The summed E-state index contributed by atoms with van der Waals surface area (Å²) >= 11 is 0. The van der Waals surface area contributed by atoms with Crippen LogP contribution in [0.4, 0.5) is 0 Å². The highest BCUT2D eigenvalue weighted by Crippen LogP contribution is 2.31. The highest BCUT2D eigenvalue weighted by Gasteiger charge is 2.30. The largest absolute Gasteiger partial charge is 0.394 e. The Kier molecular flexibility index (Phi) is 19.6. The highest BCUT2D eigenvalue weighted by molar-refractivity contribution is 4.86. The summed E-state index contributed by atoms with van der Waals surface area (Å²) in [4.78, 5) is 0. The molecule has 1 aliphatic carbocycles. The zero-order chi connectivity index (χ0) is 20.4. The van der Waals surface area contributed by atoms with E-state index in [0.717, 1.165) is 56.9 Å². The van der Waals surface area contributed by atoms with Gasteiger partial charge in [-0.3, -0.25) is 0 Å². The molecule has 0 aromatic carbocycles. The lowest BCUT2D eigenvalue weighted by molar-refractivity contribution is -0.00765. The Labute approximate surface area is 162 Å². The molecule has 0 radical (unpaired) electrons. The fourth-order valence-corrected chi connectivity index (χ4v) is 2.68. The fourth-order valence-electron chi connectivity index (χ4n) is 2.68. The second-order valence-electron chi connectivity index (χ2n) is 7.74. The van der Waals surface area contributed by atoms with E-state index in [2.05, 4.69) is 26.1 Å². The van der Waals surface area contributed by atoms with Gasteiger partial charge in [0.2, 0.25) is 0 Å². The summed E-state index contributed by atoms with van der Waals surface area (Å²) in [6, 6.07) is 0. The molecule has 0 aromatic heterocycles. The van der Waals surface area contributed by atoms with Crippen LogP contribution in [0, 0.1) is 11.8 Å². The predicted octanol–water partition coefficient (Wildman–Crippen LogP) is 3.36. The van der Waals surface area contributed by atoms with Crippen LogP contribution in [-0.2, 0) is 4.74 Å². The number of aliphatic hydroxyl groups excluding tert-OH is 2. The molecule has 1 atom stereocenters. The highest BCUT2D eigenvalue weighted by atomic mass is 16.5. The van der Waals surface area contributed by atoms with Crippen molar-refractivity contribution < 1.29 is 20.1 Å². The molecule has 1 rings (SSSR count). The molecule has 0 amide bonds. The molecule has 4 N–H and O–H groups in total. The smallest absolute Gasteiger partial charge is 0.0771 e. The molecular formula is C21H47NO4. The Balaban J connectivity index is 0. The van der Waals surface area contributed by atoms with Gasteiger partial charge in [0.05, 0.1) is 31.5 Å². The van der Waals surface area contributed by atoms with Crippen molar-refractivity contribution in [2.24, 2.45) is 11.8 Å². The van der Waals surface area contributed by atoms with E-state index in [1.165, 1.54) is 0 Å². The first-order valence-corrected chi connectivity index (χ1v) is 10.6. The first-order valence-electron chi connectivity index (χ1n) is 10.6. The molecule has 1 saturated carbocycles. The van der Waals surface area contributed by atoms with Crippen molar-refractivity contribution in [2.45, 2.75) is 91.8 Å². The molecule has 5 nitrogen and oxygen atoms in total. The zero-order valence-corrected chi connectivity index (χ0v) is 18.3. The van der Waals surface area contributed by atoms with Gasteiger partial charge in [-0.2, -0.15) is 0 Å². The normalized spacial score (nSPS) is 23.5. The summed E-state index contributed by atoms with van der Waals surface area (Å²) in [5.41, 5.74) is -0.510. The number of hydrogen-bond donors (Lipinski definition) is 4. The molecule has 0 spiro atoms. The molecule has 160 valence electrons. The van der Waals surface area contributed by atoms with Crippen LogP contribution in [0.1, 0.15) is 80.1 Å². The van der Waals surface area contributed by atoms with Gasteiger partial charge in [-0.1, -0.05) is 34.6 Å². The van der Waals surface area contributed by atoms with Crippen molar-refractivity contribution in [3.05, 3.63) is 0 Å². The lowest BCUT2D eigenvalue weighted by atomic mass is 9.79. The Morgan fingerprint density at radius 2 is 1.65 bits per heavy atom. The molecule has 26 heavy (non-hydrogen) atoms. The Bertz CT molecular complexity index is 269. The van der Waals surface area contributed by atoms with Gasteiger partial charge < -0.3 is 25.4 Å². The van der Waals surface area contributed by atoms with Crippen molar-refractivity contribution in [2.75, 3.05) is 32.9 Å². The van der Waals surface area contributed by atoms with Crippen LogP contribution >= 0.6 is 0 Å². The van der Waals surface area contributed by atoms with Crippen LogP contribution in [0.2, 0.25) is 0 Å². The van der Waals surface area contributed by atoms with Crippen LogP contribution in [-0.4, -0.2) is 59.9 Å². The lowest BCUT2D eigenvalue weighted by Gasteiger charge is -2.35. The Morgan fingerprint density at radius 3 is 2.08 bits per heavy atom. The van der Waals surface area contributed by atoms with Gasteiger partial charge in [0.1, 0.15) is 0 Å². The maximum Gasteiger partial charge on any atom is 0.0771 e. The zero-order valence-electron chi connectivity index (χ0n) is 18.3. The SMILES string of the molecule is CC.CC(C)CCC(C)O.CC1CCC(O)(CNCCOCCO)CC1. The number of rotatable bonds is 10. The maximum atomic E-state index is 10.2. The van der Waals surface area contributed by atoms with Crippen molar-refractivity contribution >= 4 is 0 Å². The van der Waals surface area contributed by atoms with Gasteiger partial charge in [-0.25, -0.2) is 0 Å².